The van der Waals surface area contributed by atoms with E-state index in [9.17, 15) is 18.0 Å². The molecule has 0 radical (unpaired) electrons. The highest BCUT2D eigenvalue weighted by Crippen LogP contribution is 2.31. The second-order valence-corrected chi connectivity index (χ2v) is 3.95. The standard InChI is InChI=1S/C13H15F3N2O2/c1-3-18(4-2)12-9(6-8-11(19)20)5-7-10(17-12)13(14,15)16/h5-8H,3-4H2,1-2H3,(H,19,20). The van der Waals surface area contributed by atoms with E-state index in [2.05, 4.69) is 4.98 Å². The fraction of sp³-hybridized carbons (Fsp3) is 0.385. The highest BCUT2D eigenvalue weighted by molar-refractivity contribution is 5.86. The van der Waals surface area contributed by atoms with Crippen molar-refractivity contribution in [3.8, 4) is 0 Å². The average Bonchev–Trinajstić information content (AvgIpc) is 2.37. The van der Waals surface area contributed by atoms with Gasteiger partial charge in [-0.15, -0.1) is 0 Å². The highest BCUT2D eigenvalue weighted by Gasteiger charge is 2.33. The normalized spacial score (nSPS) is 11.8. The van der Waals surface area contributed by atoms with E-state index in [0.717, 1.165) is 12.1 Å². The number of halogens is 3. The van der Waals surface area contributed by atoms with Gasteiger partial charge in [0.05, 0.1) is 0 Å². The zero-order valence-corrected chi connectivity index (χ0v) is 11.1. The Labute approximate surface area is 114 Å². The minimum atomic E-state index is -4.53. The van der Waals surface area contributed by atoms with Crippen LogP contribution in [0.1, 0.15) is 25.1 Å². The number of carboxylic acids is 1. The van der Waals surface area contributed by atoms with Gasteiger partial charge in [-0.1, -0.05) is 0 Å². The maximum absolute atomic E-state index is 12.7. The lowest BCUT2D eigenvalue weighted by atomic mass is 10.2. The molecule has 1 rings (SSSR count). The maximum atomic E-state index is 12.7. The van der Waals surface area contributed by atoms with Crippen molar-refractivity contribution in [1.82, 2.24) is 4.98 Å². The lowest BCUT2D eigenvalue weighted by molar-refractivity contribution is -0.141. The van der Waals surface area contributed by atoms with Crippen LogP contribution in [0.4, 0.5) is 19.0 Å². The third-order valence-electron chi connectivity index (χ3n) is 2.66. The molecular weight excluding hydrogens is 273 g/mol. The van der Waals surface area contributed by atoms with Crippen LogP contribution in [0.15, 0.2) is 18.2 Å². The van der Waals surface area contributed by atoms with Gasteiger partial charge in [-0.05, 0) is 32.1 Å². The van der Waals surface area contributed by atoms with Gasteiger partial charge >= 0.3 is 12.1 Å². The molecule has 1 heterocycles. The van der Waals surface area contributed by atoms with E-state index in [0.29, 0.717) is 18.7 Å². The van der Waals surface area contributed by atoms with E-state index in [4.69, 9.17) is 5.11 Å². The predicted molar refractivity (Wildman–Crippen MR) is 69.5 cm³/mol. The molecule has 0 atom stereocenters. The number of aromatic nitrogens is 1. The first-order chi connectivity index (χ1) is 9.29. The first kappa shape index (κ1) is 16.0. The first-order valence-electron chi connectivity index (χ1n) is 6.03. The van der Waals surface area contributed by atoms with Gasteiger partial charge in [0.25, 0.3) is 0 Å². The fourth-order valence-electron chi connectivity index (χ4n) is 1.68. The Morgan fingerprint density at radius 2 is 1.95 bits per heavy atom. The Hall–Kier alpha value is -2.05. The molecule has 0 fully saturated rings. The molecule has 0 aliphatic heterocycles. The summed E-state index contributed by atoms with van der Waals surface area (Å²) >= 11 is 0. The van der Waals surface area contributed by atoms with E-state index in [1.165, 1.54) is 12.1 Å². The molecule has 0 bridgehead atoms. The number of hydrogen-bond donors (Lipinski definition) is 1. The second-order valence-electron chi connectivity index (χ2n) is 3.95. The topological polar surface area (TPSA) is 53.4 Å². The zero-order valence-electron chi connectivity index (χ0n) is 11.1. The molecule has 7 heteroatoms. The number of aliphatic carboxylic acids is 1. The molecule has 0 spiro atoms. The van der Waals surface area contributed by atoms with Crippen LogP contribution < -0.4 is 4.90 Å². The van der Waals surface area contributed by atoms with Crippen LogP contribution >= 0.6 is 0 Å². The quantitative estimate of drug-likeness (QED) is 0.846. The van der Waals surface area contributed by atoms with Gasteiger partial charge in [-0.25, -0.2) is 9.78 Å². The van der Waals surface area contributed by atoms with Crippen molar-refractivity contribution in [2.75, 3.05) is 18.0 Å². The Morgan fingerprint density at radius 3 is 2.40 bits per heavy atom. The molecule has 0 aliphatic rings. The predicted octanol–water partition coefficient (Wildman–Crippen LogP) is 3.04. The van der Waals surface area contributed by atoms with Crippen molar-refractivity contribution in [3.63, 3.8) is 0 Å². The number of nitrogens with zero attached hydrogens (tertiary/aromatic N) is 2. The fourth-order valence-corrected chi connectivity index (χ4v) is 1.68. The van der Waals surface area contributed by atoms with Gasteiger partial charge < -0.3 is 10.0 Å². The molecule has 1 aromatic heterocycles. The largest absolute Gasteiger partial charge is 0.478 e. The van der Waals surface area contributed by atoms with Gasteiger partial charge in [-0.3, -0.25) is 0 Å². The monoisotopic (exact) mass is 288 g/mol. The van der Waals surface area contributed by atoms with E-state index < -0.39 is 17.8 Å². The van der Waals surface area contributed by atoms with E-state index in [-0.39, 0.29) is 5.82 Å². The number of anilines is 1. The van der Waals surface area contributed by atoms with Crippen molar-refractivity contribution in [2.45, 2.75) is 20.0 Å². The van der Waals surface area contributed by atoms with Crippen LogP contribution in [0, 0.1) is 0 Å². The minimum Gasteiger partial charge on any atom is -0.478 e. The molecule has 0 unspecified atom stereocenters. The number of carbonyl (C=O) groups is 1. The molecule has 110 valence electrons. The minimum absolute atomic E-state index is 0.127. The summed E-state index contributed by atoms with van der Waals surface area (Å²) in [4.78, 5) is 15.8. The van der Waals surface area contributed by atoms with Crippen LogP contribution in [0.25, 0.3) is 6.08 Å². The van der Waals surface area contributed by atoms with Crippen molar-refractivity contribution >= 4 is 17.9 Å². The van der Waals surface area contributed by atoms with Crippen molar-refractivity contribution < 1.29 is 23.1 Å². The number of carboxylic acid groups (broad SMARTS) is 1. The molecular formula is C13H15F3N2O2. The van der Waals surface area contributed by atoms with Crippen molar-refractivity contribution in [2.24, 2.45) is 0 Å². The highest BCUT2D eigenvalue weighted by atomic mass is 19.4. The zero-order chi connectivity index (χ0) is 15.3. The smallest absolute Gasteiger partial charge is 0.433 e. The Bertz CT molecular complexity index is 509. The first-order valence-corrected chi connectivity index (χ1v) is 6.03. The second kappa shape index (κ2) is 6.40. The Balaban J connectivity index is 3.33. The van der Waals surface area contributed by atoms with Crippen LogP contribution in [-0.4, -0.2) is 29.1 Å². The molecule has 1 N–H and O–H groups in total. The maximum Gasteiger partial charge on any atom is 0.433 e. The third kappa shape index (κ3) is 3.97. The lowest BCUT2D eigenvalue weighted by Gasteiger charge is -2.23. The summed E-state index contributed by atoms with van der Waals surface area (Å²) in [5.41, 5.74) is -0.657. The van der Waals surface area contributed by atoms with E-state index >= 15 is 0 Å². The van der Waals surface area contributed by atoms with E-state index in [1.807, 2.05) is 0 Å². The van der Waals surface area contributed by atoms with Gasteiger partial charge in [-0.2, -0.15) is 13.2 Å². The lowest BCUT2D eigenvalue weighted by Crippen LogP contribution is -2.25. The average molecular weight is 288 g/mol. The molecule has 1 aromatic rings. The number of rotatable bonds is 5. The molecule has 4 nitrogen and oxygen atoms in total. The Morgan fingerprint density at radius 1 is 1.35 bits per heavy atom. The number of pyridine rings is 1. The van der Waals surface area contributed by atoms with Crippen LogP contribution in [0.5, 0.6) is 0 Å². The summed E-state index contributed by atoms with van der Waals surface area (Å²) in [6.07, 6.45) is -2.42. The summed E-state index contributed by atoms with van der Waals surface area (Å²) in [7, 11) is 0. The molecule has 0 saturated heterocycles. The van der Waals surface area contributed by atoms with Crippen molar-refractivity contribution in [1.29, 1.82) is 0 Å². The Kier molecular flexibility index (Phi) is 5.12. The summed E-state index contributed by atoms with van der Waals surface area (Å²) in [5, 5.41) is 8.60. The van der Waals surface area contributed by atoms with Gasteiger partial charge in [0.15, 0.2) is 0 Å². The van der Waals surface area contributed by atoms with Crippen LogP contribution in [-0.2, 0) is 11.0 Å². The summed E-state index contributed by atoms with van der Waals surface area (Å²) in [6.45, 7) is 4.52. The van der Waals surface area contributed by atoms with Gasteiger partial charge in [0.2, 0.25) is 0 Å². The van der Waals surface area contributed by atoms with Crippen molar-refractivity contribution in [3.05, 3.63) is 29.5 Å². The molecule has 20 heavy (non-hydrogen) atoms. The van der Waals surface area contributed by atoms with Crippen LogP contribution in [0.2, 0.25) is 0 Å². The van der Waals surface area contributed by atoms with E-state index in [1.54, 1.807) is 18.7 Å². The SMILES string of the molecule is CCN(CC)c1nc(C(F)(F)F)ccc1C=CC(=O)O. The molecule has 0 saturated carbocycles. The molecule has 0 aliphatic carbocycles. The molecule has 0 amide bonds. The third-order valence-corrected chi connectivity index (χ3v) is 2.66. The summed E-state index contributed by atoms with van der Waals surface area (Å²) in [6, 6.07) is 2.07. The van der Waals surface area contributed by atoms with Gasteiger partial charge in [0.1, 0.15) is 11.5 Å². The van der Waals surface area contributed by atoms with Gasteiger partial charge in [0, 0.05) is 24.7 Å². The summed E-state index contributed by atoms with van der Waals surface area (Å²) in [5.74, 6) is -1.04. The van der Waals surface area contributed by atoms with Crippen LogP contribution in [0.3, 0.4) is 0 Å². The summed E-state index contributed by atoms with van der Waals surface area (Å²) < 4.78 is 38.1. The number of alkyl halides is 3. The molecule has 0 aromatic carbocycles. The number of hydrogen-bond acceptors (Lipinski definition) is 3.